The third-order valence-electron chi connectivity index (χ3n) is 1.83. The molecule has 0 bridgehead atoms. The second kappa shape index (κ2) is 4.29. The zero-order valence-corrected chi connectivity index (χ0v) is 8.51. The summed E-state index contributed by atoms with van der Waals surface area (Å²) >= 11 is 0. The molecule has 0 aliphatic heterocycles. The minimum Gasteiger partial charge on any atom is -0.512 e. The van der Waals surface area contributed by atoms with Gasteiger partial charge in [-0.05, 0) is 6.92 Å². The second-order valence-electron chi connectivity index (χ2n) is 3.68. The van der Waals surface area contributed by atoms with Crippen LogP contribution >= 0.6 is 0 Å². The van der Waals surface area contributed by atoms with Gasteiger partial charge in [0.2, 0.25) is 0 Å². The average molecular weight is 170 g/mol. The number of allylic oxidation sites excluding steroid dienone is 2. The van der Waals surface area contributed by atoms with Crippen LogP contribution in [0.5, 0.6) is 0 Å². The van der Waals surface area contributed by atoms with Crippen LogP contribution < -0.4 is 0 Å². The van der Waals surface area contributed by atoms with Crippen molar-refractivity contribution < 1.29 is 9.90 Å². The lowest BCUT2D eigenvalue weighted by Gasteiger charge is -2.10. The Labute approximate surface area is 74.3 Å². The van der Waals surface area contributed by atoms with Gasteiger partial charge in [-0.3, -0.25) is 4.79 Å². The topological polar surface area (TPSA) is 37.3 Å². The zero-order chi connectivity index (χ0) is 9.89. The number of ketones is 1. The monoisotopic (exact) mass is 170 g/mol. The SMILES string of the molecule is CC(C(=O)C(C)C)=C(O)C(C)C. The fraction of sp³-hybridized carbons (Fsp3) is 0.700. The smallest absolute Gasteiger partial charge is 0.164 e. The number of rotatable bonds is 3. The van der Waals surface area contributed by atoms with Gasteiger partial charge in [0, 0.05) is 17.4 Å². The van der Waals surface area contributed by atoms with Crippen molar-refractivity contribution in [1.82, 2.24) is 0 Å². The molecule has 0 unspecified atom stereocenters. The van der Waals surface area contributed by atoms with Crippen molar-refractivity contribution in [1.29, 1.82) is 0 Å². The molecule has 1 N–H and O–H groups in total. The van der Waals surface area contributed by atoms with E-state index in [0.717, 1.165) is 0 Å². The molecular weight excluding hydrogens is 152 g/mol. The van der Waals surface area contributed by atoms with Crippen LogP contribution in [-0.2, 0) is 4.79 Å². The molecule has 0 heterocycles. The molecule has 2 nitrogen and oxygen atoms in total. The van der Waals surface area contributed by atoms with Crippen LogP contribution in [0.1, 0.15) is 34.6 Å². The van der Waals surface area contributed by atoms with E-state index in [4.69, 9.17) is 0 Å². The molecule has 0 aromatic rings. The largest absolute Gasteiger partial charge is 0.512 e. The highest BCUT2D eigenvalue weighted by atomic mass is 16.3. The lowest BCUT2D eigenvalue weighted by atomic mass is 9.98. The molecule has 0 rings (SSSR count). The summed E-state index contributed by atoms with van der Waals surface area (Å²) in [5, 5.41) is 9.47. The van der Waals surface area contributed by atoms with Gasteiger partial charge < -0.3 is 5.11 Å². The fourth-order valence-corrected chi connectivity index (χ4v) is 0.992. The fourth-order valence-electron chi connectivity index (χ4n) is 0.992. The number of Topliss-reactive ketones (excluding diaryl/α,β-unsaturated/α-hetero) is 1. The van der Waals surface area contributed by atoms with Gasteiger partial charge in [-0.15, -0.1) is 0 Å². The molecule has 0 aromatic carbocycles. The molecular formula is C10H18O2. The summed E-state index contributed by atoms with van der Waals surface area (Å²) in [6.45, 7) is 9.08. The van der Waals surface area contributed by atoms with Gasteiger partial charge in [0.1, 0.15) is 5.76 Å². The van der Waals surface area contributed by atoms with Crippen molar-refractivity contribution in [2.24, 2.45) is 11.8 Å². The number of carbonyl (C=O) groups excluding carboxylic acids is 1. The van der Waals surface area contributed by atoms with Crippen LogP contribution in [0.15, 0.2) is 11.3 Å². The molecule has 0 aliphatic carbocycles. The van der Waals surface area contributed by atoms with Crippen LogP contribution in [0, 0.1) is 11.8 Å². The van der Waals surface area contributed by atoms with Gasteiger partial charge in [0.25, 0.3) is 0 Å². The Morgan fingerprint density at radius 1 is 1.08 bits per heavy atom. The summed E-state index contributed by atoms with van der Waals surface area (Å²) < 4.78 is 0. The second-order valence-corrected chi connectivity index (χ2v) is 3.68. The van der Waals surface area contributed by atoms with Gasteiger partial charge in [0.15, 0.2) is 5.78 Å². The van der Waals surface area contributed by atoms with E-state index < -0.39 is 0 Å². The number of hydrogen-bond acceptors (Lipinski definition) is 2. The molecule has 0 saturated heterocycles. The summed E-state index contributed by atoms with van der Waals surface area (Å²) in [4.78, 5) is 11.4. The van der Waals surface area contributed by atoms with Gasteiger partial charge in [-0.2, -0.15) is 0 Å². The Bertz CT molecular complexity index is 200. The highest BCUT2D eigenvalue weighted by Gasteiger charge is 2.15. The highest BCUT2D eigenvalue weighted by Crippen LogP contribution is 2.15. The summed E-state index contributed by atoms with van der Waals surface area (Å²) in [7, 11) is 0. The molecule has 12 heavy (non-hydrogen) atoms. The minimum atomic E-state index is -0.0362. The molecule has 0 aliphatic rings. The van der Waals surface area contributed by atoms with Crippen LogP contribution in [0.2, 0.25) is 0 Å². The van der Waals surface area contributed by atoms with E-state index in [1.165, 1.54) is 0 Å². The predicted molar refractivity (Wildman–Crippen MR) is 50.0 cm³/mol. The summed E-state index contributed by atoms with van der Waals surface area (Å²) in [6.07, 6.45) is 0. The average Bonchev–Trinajstić information content (AvgIpc) is 2.00. The first kappa shape index (κ1) is 11.2. The first-order valence-electron chi connectivity index (χ1n) is 4.31. The highest BCUT2D eigenvalue weighted by molar-refractivity contribution is 5.96. The molecule has 70 valence electrons. The Balaban J connectivity index is 4.67. The minimum absolute atomic E-state index is 0.0289. The van der Waals surface area contributed by atoms with Crippen molar-refractivity contribution >= 4 is 5.78 Å². The lowest BCUT2D eigenvalue weighted by Crippen LogP contribution is -2.12. The number of hydrogen-bond donors (Lipinski definition) is 1. The first-order chi connectivity index (χ1) is 5.37. The molecule has 0 amide bonds. The van der Waals surface area contributed by atoms with E-state index in [2.05, 4.69) is 0 Å². The van der Waals surface area contributed by atoms with Gasteiger partial charge in [0.05, 0.1) is 0 Å². The first-order valence-corrected chi connectivity index (χ1v) is 4.31. The Kier molecular flexibility index (Phi) is 4.01. The van der Waals surface area contributed by atoms with Crippen molar-refractivity contribution in [3.63, 3.8) is 0 Å². The van der Waals surface area contributed by atoms with Gasteiger partial charge >= 0.3 is 0 Å². The molecule has 0 atom stereocenters. The van der Waals surface area contributed by atoms with E-state index in [9.17, 15) is 9.90 Å². The quantitative estimate of drug-likeness (QED) is 0.522. The maximum Gasteiger partial charge on any atom is 0.164 e. The normalized spacial score (nSPS) is 13.6. The van der Waals surface area contributed by atoms with Crippen molar-refractivity contribution in [3.05, 3.63) is 11.3 Å². The number of carbonyl (C=O) groups is 1. The lowest BCUT2D eigenvalue weighted by molar-refractivity contribution is -0.118. The zero-order valence-electron chi connectivity index (χ0n) is 8.51. The maximum absolute atomic E-state index is 11.4. The Morgan fingerprint density at radius 2 is 1.50 bits per heavy atom. The van der Waals surface area contributed by atoms with E-state index in [0.29, 0.717) is 5.57 Å². The molecule has 0 fully saturated rings. The van der Waals surface area contributed by atoms with Gasteiger partial charge in [-0.25, -0.2) is 0 Å². The van der Waals surface area contributed by atoms with E-state index >= 15 is 0 Å². The van der Waals surface area contributed by atoms with Gasteiger partial charge in [-0.1, -0.05) is 27.7 Å². The van der Waals surface area contributed by atoms with Crippen molar-refractivity contribution in [2.45, 2.75) is 34.6 Å². The van der Waals surface area contributed by atoms with Crippen molar-refractivity contribution in [2.75, 3.05) is 0 Å². The van der Waals surface area contributed by atoms with Crippen LogP contribution in [0.25, 0.3) is 0 Å². The van der Waals surface area contributed by atoms with E-state index in [1.807, 2.05) is 27.7 Å². The summed E-state index contributed by atoms with van der Waals surface area (Å²) in [6, 6.07) is 0. The van der Waals surface area contributed by atoms with Crippen LogP contribution in [-0.4, -0.2) is 10.9 Å². The summed E-state index contributed by atoms with van der Waals surface area (Å²) in [5.41, 5.74) is 0.500. The number of aliphatic hydroxyl groups is 1. The Hall–Kier alpha value is -0.790. The third-order valence-corrected chi connectivity index (χ3v) is 1.83. The standard InChI is InChI=1S/C10H18O2/c1-6(2)9(11)8(5)10(12)7(3)4/h6-7,11H,1-5H3. The summed E-state index contributed by atoms with van der Waals surface area (Å²) in [5.74, 6) is 0.244. The maximum atomic E-state index is 11.4. The third kappa shape index (κ3) is 2.68. The molecule has 2 heteroatoms. The molecule has 0 radical (unpaired) electrons. The molecule has 0 spiro atoms. The molecule has 0 saturated carbocycles. The number of aliphatic hydroxyl groups excluding tert-OH is 1. The van der Waals surface area contributed by atoms with E-state index in [1.54, 1.807) is 6.92 Å². The van der Waals surface area contributed by atoms with Crippen molar-refractivity contribution in [3.8, 4) is 0 Å². The van der Waals surface area contributed by atoms with Crippen LogP contribution in [0.4, 0.5) is 0 Å². The molecule has 0 aromatic heterocycles. The Morgan fingerprint density at radius 3 is 1.75 bits per heavy atom. The van der Waals surface area contributed by atoms with Crippen LogP contribution in [0.3, 0.4) is 0 Å². The predicted octanol–water partition coefficient (Wildman–Crippen LogP) is 2.70. The van der Waals surface area contributed by atoms with E-state index in [-0.39, 0.29) is 23.4 Å².